The van der Waals surface area contributed by atoms with Crippen molar-refractivity contribution in [2.24, 2.45) is 30.7 Å². The maximum atomic E-state index is 12.9. The topological polar surface area (TPSA) is 286 Å². The van der Waals surface area contributed by atoms with E-state index in [9.17, 15) is 49.1 Å². The largest absolute Gasteiger partial charge is 1.00 e. The van der Waals surface area contributed by atoms with E-state index in [2.05, 4.69) is 30.7 Å². The van der Waals surface area contributed by atoms with Crippen LogP contribution >= 0.6 is 0 Å². The molecule has 59 heavy (non-hydrogen) atoms. The maximum Gasteiger partial charge on any atom is 1.00 e. The summed E-state index contributed by atoms with van der Waals surface area (Å²) < 4.78 is 103. The van der Waals surface area contributed by atoms with Crippen molar-refractivity contribution in [1.29, 1.82) is 0 Å². The molecule has 0 aromatic heterocycles. The van der Waals surface area contributed by atoms with Crippen LogP contribution in [0.5, 0.6) is 11.5 Å². The van der Waals surface area contributed by atoms with Gasteiger partial charge < -0.3 is 14.8 Å². The second kappa shape index (κ2) is 19.0. The van der Waals surface area contributed by atoms with Crippen molar-refractivity contribution in [3.05, 3.63) is 115 Å². The Hall–Kier alpha value is -3.55. The zero-order chi connectivity index (χ0) is 40.0. The number of nitrogens with zero attached hydrogens (tertiary/aromatic N) is 6. The van der Waals surface area contributed by atoms with E-state index in [-0.39, 0.29) is 133 Å². The van der Waals surface area contributed by atoms with Crippen LogP contribution in [-0.2, 0) is 30.4 Å². The van der Waals surface area contributed by atoms with Gasteiger partial charge in [0.2, 0.25) is 0 Å². The molecule has 0 aliphatic heterocycles. The Balaban J connectivity index is 0.00000256. The first-order valence-electron chi connectivity index (χ1n) is 15.8. The monoisotopic (exact) mass is 878 g/mol. The van der Waals surface area contributed by atoms with E-state index in [0.29, 0.717) is 22.8 Å². The van der Waals surface area contributed by atoms with E-state index < -0.39 is 62.2 Å². The average Bonchev–Trinajstić information content (AvgIpc) is 3.15. The Bertz CT molecular complexity index is 3210. The first-order chi connectivity index (χ1) is 26.5. The predicted octanol–water partition coefficient (Wildman–Crippen LogP) is -1.05. The van der Waals surface area contributed by atoms with Gasteiger partial charge in [0.1, 0.15) is 10.1 Å². The standard InChI is InChI=1S/C36H24N6O11S3.3Na/c43-33-15-6-20-16-24(56(51,52)53)19-34(44)35(20)36(33)42-41-30-12-14-32(28-18-23(55(48,49)50)8-10-26(28)30)40-39-31-13-11-29(38-37-21-4-2-1-3-5-21)25-9-7-22(17-27(25)31)54(45,46)47;;;/h1-19,43-44H,(H,45,46,47)(H,48,49,50)(H,51,52,53);;;/q;3*+1/p-3. The van der Waals surface area contributed by atoms with Gasteiger partial charge in [-0.25, -0.2) is 8.42 Å². The van der Waals surface area contributed by atoms with Gasteiger partial charge in [0.05, 0.1) is 48.8 Å². The van der Waals surface area contributed by atoms with E-state index in [4.69, 9.17) is 0 Å². The third kappa shape index (κ3) is 10.7. The molecule has 0 fully saturated rings. The molecule has 0 amide bonds. The van der Waals surface area contributed by atoms with Crippen LogP contribution in [0.3, 0.4) is 0 Å². The summed E-state index contributed by atoms with van der Waals surface area (Å²) in [5.41, 5.74) is 0.536. The number of fused-ring (bicyclic) bond motifs is 3. The maximum absolute atomic E-state index is 12.9. The molecule has 2 N–H and O–H groups in total. The summed E-state index contributed by atoms with van der Waals surface area (Å²) in [5, 5.41) is 51.4. The molecule has 0 saturated heterocycles. The molecule has 0 radical (unpaired) electrons. The molecule has 7 aromatic rings. The fourth-order valence-electron chi connectivity index (χ4n) is 5.69. The molecular weight excluding hydrogens is 858 g/mol. The summed E-state index contributed by atoms with van der Waals surface area (Å²) in [5.74, 6) is -1.67. The number of hydrogen-bond acceptors (Lipinski definition) is 15. The zero-order valence-electron chi connectivity index (χ0n) is 30.9. The van der Waals surface area contributed by atoms with Crippen LogP contribution < -0.4 is 98.9 Å². The molecule has 282 valence electrons. The van der Waals surface area contributed by atoms with E-state index in [0.717, 1.165) is 36.4 Å². The first-order valence-corrected chi connectivity index (χ1v) is 20.1. The molecule has 0 aliphatic carbocycles. The summed E-state index contributed by atoms with van der Waals surface area (Å²) in [4.78, 5) is -1.76. The van der Waals surface area contributed by atoms with Crippen LogP contribution in [0.1, 0.15) is 0 Å². The van der Waals surface area contributed by atoms with Gasteiger partial charge in [-0.1, -0.05) is 54.0 Å². The second-order valence-electron chi connectivity index (χ2n) is 11.9. The first kappa shape index (κ1) is 48.1. The summed E-state index contributed by atoms with van der Waals surface area (Å²) in [6.45, 7) is 0. The van der Waals surface area contributed by atoms with Crippen molar-refractivity contribution in [2.75, 3.05) is 0 Å². The van der Waals surface area contributed by atoms with Crippen LogP contribution in [-0.4, -0.2) is 38.9 Å². The number of rotatable bonds is 9. The minimum Gasteiger partial charge on any atom is -0.872 e. The molecule has 0 spiro atoms. The van der Waals surface area contributed by atoms with Gasteiger partial charge in [-0.3, -0.25) is 9.11 Å². The van der Waals surface area contributed by atoms with Crippen molar-refractivity contribution < 1.29 is 138 Å². The van der Waals surface area contributed by atoms with Gasteiger partial charge >= 0.3 is 88.7 Å². The van der Waals surface area contributed by atoms with Crippen LogP contribution in [0.25, 0.3) is 32.3 Å². The fraction of sp³-hybridized carbons (Fsp3) is 0. The minimum atomic E-state index is -4.90. The minimum absolute atomic E-state index is 0. The summed E-state index contributed by atoms with van der Waals surface area (Å²) in [7, 11) is -14.4. The molecule has 0 saturated carbocycles. The van der Waals surface area contributed by atoms with Gasteiger partial charge in [0.25, 0.3) is 20.2 Å². The number of hydrogen-bond donors (Lipinski definition) is 2. The Morgan fingerprint density at radius 3 is 1.44 bits per heavy atom. The van der Waals surface area contributed by atoms with Crippen LogP contribution in [0.4, 0.5) is 34.1 Å². The summed E-state index contributed by atoms with van der Waals surface area (Å²) in [6.07, 6.45) is 0. The summed E-state index contributed by atoms with van der Waals surface area (Å²) >= 11 is 0. The second-order valence-corrected chi connectivity index (χ2v) is 16.1. The van der Waals surface area contributed by atoms with E-state index in [1.54, 1.807) is 36.4 Å². The molecule has 17 nitrogen and oxygen atoms in total. The van der Waals surface area contributed by atoms with Crippen molar-refractivity contribution in [3.8, 4) is 11.5 Å². The van der Waals surface area contributed by atoms with Gasteiger partial charge in [-0.15, -0.1) is 20.5 Å². The average molecular weight is 879 g/mol. The van der Waals surface area contributed by atoms with Crippen LogP contribution in [0.15, 0.2) is 161 Å². The van der Waals surface area contributed by atoms with Gasteiger partial charge in [-0.05, 0) is 78.2 Å². The van der Waals surface area contributed by atoms with Crippen molar-refractivity contribution in [2.45, 2.75) is 14.7 Å². The molecule has 7 rings (SSSR count). The third-order valence-corrected chi connectivity index (χ3v) is 10.8. The van der Waals surface area contributed by atoms with Crippen LogP contribution in [0.2, 0.25) is 0 Å². The smallest absolute Gasteiger partial charge is 0.872 e. The molecule has 0 aliphatic rings. The van der Waals surface area contributed by atoms with E-state index in [1.807, 2.05) is 0 Å². The molecule has 0 heterocycles. The quantitative estimate of drug-likeness (QED) is 0.100. The van der Waals surface area contributed by atoms with E-state index in [1.165, 1.54) is 36.4 Å². The molecule has 0 atom stereocenters. The number of benzene rings is 7. The fourth-order valence-corrected chi connectivity index (χ4v) is 7.22. The Kier molecular flexibility index (Phi) is 15.5. The third-order valence-electron chi connectivity index (χ3n) is 8.31. The Morgan fingerprint density at radius 1 is 0.441 bits per heavy atom. The predicted molar refractivity (Wildman–Crippen MR) is 197 cm³/mol. The zero-order valence-corrected chi connectivity index (χ0v) is 39.4. The van der Waals surface area contributed by atoms with Crippen molar-refractivity contribution in [1.82, 2.24) is 0 Å². The SMILES string of the molecule is O=S(=O)([O-])c1ccc2c(N=Nc3ccccc3)ccc(N=Nc3ccc(N=Nc4c([O-])ccc5cc(S(=O)(=O)O)cc([O-])c45)c4ccc(S(=O)(=O)O)cc34)c2c1.[Na+].[Na+].[Na+]. The number of azo groups is 3. The van der Waals surface area contributed by atoms with Gasteiger partial charge in [0, 0.05) is 26.9 Å². The molecule has 0 bridgehead atoms. The normalized spacial score (nSPS) is 12.3. The summed E-state index contributed by atoms with van der Waals surface area (Å²) in [6, 6.07) is 25.4. The van der Waals surface area contributed by atoms with Gasteiger partial charge in [0.15, 0.2) is 0 Å². The molecular formula is C36H21N6Na3O11S3. The molecule has 7 aromatic carbocycles. The van der Waals surface area contributed by atoms with Gasteiger partial charge in [-0.2, -0.15) is 27.1 Å². The van der Waals surface area contributed by atoms with Crippen molar-refractivity contribution >= 4 is 96.8 Å². The Labute approximate surface area is 402 Å². The molecule has 0 unspecified atom stereocenters. The van der Waals surface area contributed by atoms with Crippen molar-refractivity contribution in [3.63, 3.8) is 0 Å². The van der Waals surface area contributed by atoms with E-state index >= 15 is 0 Å². The van der Waals surface area contributed by atoms with Crippen LogP contribution in [0, 0.1) is 0 Å². The Morgan fingerprint density at radius 2 is 0.915 bits per heavy atom. The molecule has 23 heteroatoms.